The molecule has 15 heavy (non-hydrogen) atoms. The summed E-state index contributed by atoms with van der Waals surface area (Å²) in [5.74, 6) is -0.0272. The van der Waals surface area contributed by atoms with Crippen LogP contribution >= 0.6 is 43.2 Å². The van der Waals surface area contributed by atoms with Gasteiger partial charge in [-0.05, 0) is 50.9 Å². The predicted octanol–water partition coefficient (Wildman–Crippen LogP) is 4.41. The van der Waals surface area contributed by atoms with Crippen LogP contribution in [0.5, 0.6) is 0 Å². The number of hydrogen-bond donors (Lipinski definition) is 0. The van der Waals surface area contributed by atoms with Gasteiger partial charge in [-0.3, -0.25) is 4.79 Å². The lowest BCUT2D eigenvalue weighted by molar-refractivity contribution is 0.104. The molecule has 0 aliphatic rings. The van der Waals surface area contributed by atoms with Gasteiger partial charge in [0, 0.05) is 9.35 Å². The SMILES string of the molecule is Cc1cc(Br)c(C(=O)c2ccoc2Br)s1. The van der Waals surface area contributed by atoms with Crippen LogP contribution in [0.15, 0.2) is 32.0 Å². The molecule has 0 saturated heterocycles. The second-order valence-electron chi connectivity index (χ2n) is 2.97. The summed E-state index contributed by atoms with van der Waals surface area (Å²) in [6, 6.07) is 3.60. The van der Waals surface area contributed by atoms with Crippen molar-refractivity contribution < 1.29 is 9.21 Å². The molecule has 0 aromatic carbocycles. The highest BCUT2D eigenvalue weighted by molar-refractivity contribution is 9.10. The van der Waals surface area contributed by atoms with Crippen LogP contribution in [0.1, 0.15) is 20.1 Å². The van der Waals surface area contributed by atoms with Crippen LogP contribution in [-0.4, -0.2) is 5.78 Å². The van der Waals surface area contributed by atoms with Crippen molar-refractivity contribution in [2.45, 2.75) is 6.92 Å². The van der Waals surface area contributed by atoms with Crippen molar-refractivity contribution in [3.8, 4) is 0 Å². The summed E-state index contributed by atoms with van der Waals surface area (Å²) in [4.78, 5) is 13.9. The Balaban J connectivity index is 2.45. The Morgan fingerprint density at radius 2 is 2.20 bits per heavy atom. The van der Waals surface area contributed by atoms with E-state index in [1.54, 1.807) is 6.07 Å². The molecule has 0 atom stereocenters. The van der Waals surface area contributed by atoms with E-state index in [1.165, 1.54) is 17.6 Å². The van der Waals surface area contributed by atoms with Crippen molar-refractivity contribution in [1.82, 2.24) is 0 Å². The maximum atomic E-state index is 12.1. The highest BCUT2D eigenvalue weighted by Crippen LogP contribution is 2.31. The lowest BCUT2D eigenvalue weighted by atomic mass is 10.2. The Labute approximate surface area is 108 Å². The third-order valence-electron chi connectivity index (χ3n) is 1.88. The van der Waals surface area contributed by atoms with Gasteiger partial charge in [0.15, 0.2) is 4.67 Å². The summed E-state index contributed by atoms with van der Waals surface area (Å²) in [7, 11) is 0. The summed E-state index contributed by atoms with van der Waals surface area (Å²) >= 11 is 8.04. The van der Waals surface area contributed by atoms with E-state index in [4.69, 9.17) is 4.42 Å². The van der Waals surface area contributed by atoms with Gasteiger partial charge in [0.2, 0.25) is 5.78 Å². The van der Waals surface area contributed by atoms with E-state index in [0.29, 0.717) is 15.1 Å². The van der Waals surface area contributed by atoms with Crippen LogP contribution in [0.2, 0.25) is 0 Å². The summed E-state index contributed by atoms with van der Waals surface area (Å²) in [6.07, 6.45) is 1.49. The molecule has 0 amide bonds. The maximum absolute atomic E-state index is 12.1. The highest BCUT2D eigenvalue weighted by atomic mass is 79.9. The summed E-state index contributed by atoms with van der Waals surface area (Å²) < 4.78 is 6.35. The first kappa shape index (κ1) is 11.1. The molecule has 5 heteroatoms. The quantitative estimate of drug-likeness (QED) is 0.752. The van der Waals surface area contributed by atoms with Gasteiger partial charge < -0.3 is 4.42 Å². The Hall–Kier alpha value is -0.390. The van der Waals surface area contributed by atoms with Crippen molar-refractivity contribution in [3.63, 3.8) is 0 Å². The highest BCUT2D eigenvalue weighted by Gasteiger charge is 2.19. The van der Waals surface area contributed by atoms with Crippen molar-refractivity contribution >= 4 is 49.0 Å². The Bertz CT molecular complexity index is 513. The first-order valence-corrected chi connectivity index (χ1v) is 6.53. The summed E-state index contributed by atoms with van der Waals surface area (Å²) in [5, 5.41) is 0. The molecule has 2 rings (SSSR count). The second kappa shape index (κ2) is 4.23. The number of aryl methyl sites for hydroxylation is 1. The molecule has 2 aromatic rings. The Morgan fingerprint density at radius 3 is 2.67 bits per heavy atom. The van der Waals surface area contributed by atoms with Crippen LogP contribution in [0, 0.1) is 6.92 Å². The number of furan rings is 1. The first-order chi connectivity index (χ1) is 7.09. The minimum atomic E-state index is -0.0272. The zero-order valence-electron chi connectivity index (χ0n) is 7.71. The van der Waals surface area contributed by atoms with E-state index in [9.17, 15) is 4.79 Å². The standard InChI is InChI=1S/C10H6Br2O2S/c1-5-4-7(11)9(15-5)8(13)6-2-3-14-10(6)12/h2-4H,1H3. The van der Waals surface area contributed by atoms with Crippen LogP contribution in [0.25, 0.3) is 0 Å². The number of rotatable bonds is 2. The van der Waals surface area contributed by atoms with Gasteiger partial charge >= 0.3 is 0 Å². The lowest BCUT2D eigenvalue weighted by Gasteiger charge is -1.95. The lowest BCUT2D eigenvalue weighted by Crippen LogP contribution is -1.97. The van der Waals surface area contributed by atoms with Crippen molar-refractivity contribution in [2.75, 3.05) is 0 Å². The minimum absolute atomic E-state index is 0.0272. The van der Waals surface area contributed by atoms with E-state index in [1.807, 2.05) is 13.0 Å². The topological polar surface area (TPSA) is 30.2 Å². The van der Waals surface area contributed by atoms with E-state index in [0.717, 1.165) is 9.35 Å². The molecule has 0 N–H and O–H groups in total. The number of halogens is 2. The number of carbonyl (C=O) groups is 1. The predicted molar refractivity (Wildman–Crippen MR) is 66.6 cm³/mol. The van der Waals surface area contributed by atoms with E-state index in [2.05, 4.69) is 31.9 Å². The molecule has 0 aliphatic heterocycles. The zero-order valence-corrected chi connectivity index (χ0v) is 11.7. The van der Waals surface area contributed by atoms with Crippen LogP contribution in [-0.2, 0) is 0 Å². The third-order valence-corrected chi connectivity index (χ3v) is 4.43. The number of ketones is 1. The van der Waals surface area contributed by atoms with Gasteiger partial charge in [-0.15, -0.1) is 11.3 Å². The zero-order chi connectivity index (χ0) is 11.0. The van der Waals surface area contributed by atoms with Gasteiger partial charge in [-0.2, -0.15) is 0 Å². The molecular formula is C10H6Br2O2S. The molecule has 0 radical (unpaired) electrons. The van der Waals surface area contributed by atoms with Crippen molar-refractivity contribution in [2.24, 2.45) is 0 Å². The summed E-state index contributed by atoms with van der Waals surface area (Å²) in [6.45, 7) is 1.97. The molecule has 0 unspecified atom stereocenters. The fourth-order valence-electron chi connectivity index (χ4n) is 1.22. The molecule has 0 saturated carbocycles. The molecule has 0 bridgehead atoms. The fraction of sp³-hybridized carbons (Fsp3) is 0.100. The van der Waals surface area contributed by atoms with E-state index in [-0.39, 0.29) is 5.78 Å². The van der Waals surface area contributed by atoms with Crippen molar-refractivity contribution in [1.29, 1.82) is 0 Å². The average Bonchev–Trinajstić information content (AvgIpc) is 2.71. The van der Waals surface area contributed by atoms with Gasteiger partial charge in [0.1, 0.15) is 0 Å². The summed E-state index contributed by atoms with van der Waals surface area (Å²) in [5.41, 5.74) is 0.553. The molecule has 0 aliphatic carbocycles. The number of carbonyl (C=O) groups excluding carboxylic acids is 1. The van der Waals surface area contributed by atoms with E-state index >= 15 is 0 Å². The Kier molecular flexibility index (Phi) is 3.13. The van der Waals surface area contributed by atoms with Crippen LogP contribution in [0.4, 0.5) is 0 Å². The van der Waals surface area contributed by atoms with Gasteiger partial charge in [0.05, 0.1) is 16.7 Å². The average molecular weight is 350 g/mol. The first-order valence-electron chi connectivity index (χ1n) is 4.13. The normalized spacial score (nSPS) is 10.6. The minimum Gasteiger partial charge on any atom is -0.457 e. The maximum Gasteiger partial charge on any atom is 0.208 e. The molecule has 2 heterocycles. The number of thiophene rings is 1. The van der Waals surface area contributed by atoms with Crippen molar-refractivity contribution in [3.05, 3.63) is 42.9 Å². The molecule has 2 aromatic heterocycles. The fourth-order valence-corrected chi connectivity index (χ4v) is 3.41. The molecule has 78 valence electrons. The molecule has 0 fully saturated rings. The molecule has 2 nitrogen and oxygen atoms in total. The second-order valence-corrected chi connectivity index (χ2v) is 5.80. The van der Waals surface area contributed by atoms with E-state index < -0.39 is 0 Å². The largest absolute Gasteiger partial charge is 0.457 e. The number of hydrogen-bond acceptors (Lipinski definition) is 3. The van der Waals surface area contributed by atoms with Crippen LogP contribution < -0.4 is 0 Å². The van der Waals surface area contributed by atoms with Gasteiger partial charge in [-0.1, -0.05) is 0 Å². The molecular weight excluding hydrogens is 344 g/mol. The van der Waals surface area contributed by atoms with Gasteiger partial charge in [-0.25, -0.2) is 0 Å². The van der Waals surface area contributed by atoms with Gasteiger partial charge in [0.25, 0.3) is 0 Å². The molecule has 0 spiro atoms. The monoisotopic (exact) mass is 348 g/mol. The Morgan fingerprint density at radius 1 is 1.47 bits per heavy atom. The third kappa shape index (κ3) is 2.09. The smallest absolute Gasteiger partial charge is 0.208 e. The van der Waals surface area contributed by atoms with Crippen LogP contribution in [0.3, 0.4) is 0 Å².